The van der Waals surface area contributed by atoms with E-state index in [1.54, 1.807) is 19.2 Å². The summed E-state index contributed by atoms with van der Waals surface area (Å²) in [7, 11) is -2.00. The number of hydrogen-bond acceptors (Lipinski definition) is 5. The van der Waals surface area contributed by atoms with E-state index in [0.29, 0.717) is 11.6 Å². The Hall–Kier alpha value is -1.18. The molecule has 0 saturated heterocycles. The molecule has 20 heavy (non-hydrogen) atoms. The van der Waals surface area contributed by atoms with E-state index in [1.807, 2.05) is 0 Å². The molecule has 1 saturated carbocycles. The van der Waals surface area contributed by atoms with Crippen molar-refractivity contribution in [2.75, 3.05) is 12.5 Å². The Morgan fingerprint density at radius 3 is 2.75 bits per heavy atom. The van der Waals surface area contributed by atoms with E-state index < -0.39 is 10.0 Å². The average molecular weight is 298 g/mol. The standard InChI is InChI=1S/C13H22N4O2S/c1-10-6-3-4-8-12(10)17(2)20(18,19)13-11(16-14)7-5-9-15-13/h5,7,9-10,12,16H,3-4,6,8,14H2,1-2H3. The third-order valence-electron chi connectivity index (χ3n) is 4.08. The third-order valence-corrected chi connectivity index (χ3v) is 5.93. The van der Waals surface area contributed by atoms with Crippen molar-refractivity contribution in [1.29, 1.82) is 0 Å². The summed E-state index contributed by atoms with van der Waals surface area (Å²) in [6, 6.07) is 3.29. The molecule has 1 fully saturated rings. The molecule has 1 aliphatic carbocycles. The van der Waals surface area contributed by atoms with Crippen LogP contribution in [0, 0.1) is 5.92 Å². The lowest BCUT2D eigenvalue weighted by molar-refractivity contribution is 0.213. The van der Waals surface area contributed by atoms with Crippen molar-refractivity contribution in [2.45, 2.75) is 43.7 Å². The molecule has 0 aliphatic heterocycles. The number of pyridine rings is 1. The lowest BCUT2D eigenvalue weighted by atomic mass is 9.86. The van der Waals surface area contributed by atoms with Crippen molar-refractivity contribution in [3.63, 3.8) is 0 Å². The molecule has 1 aromatic heterocycles. The van der Waals surface area contributed by atoms with Crippen LogP contribution < -0.4 is 11.3 Å². The predicted molar refractivity (Wildman–Crippen MR) is 78.4 cm³/mol. The van der Waals surface area contributed by atoms with E-state index in [4.69, 9.17) is 5.84 Å². The predicted octanol–water partition coefficient (Wildman–Crippen LogP) is 1.57. The van der Waals surface area contributed by atoms with E-state index in [1.165, 1.54) is 16.9 Å². The fourth-order valence-electron chi connectivity index (χ4n) is 2.86. The largest absolute Gasteiger partial charge is 0.321 e. The molecule has 1 aliphatic rings. The lowest BCUT2D eigenvalue weighted by Gasteiger charge is -2.35. The first-order valence-electron chi connectivity index (χ1n) is 6.88. The van der Waals surface area contributed by atoms with Crippen molar-refractivity contribution in [3.8, 4) is 0 Å². The van der Waals surface area contributed by atoms with Gasteiger partial charge in [-0.3, -0.25) is 5.84 Å². The molecule has 2 unspecified atom stereocenters. The highest BCUT2D eigenvalue weighted by Crippen LogP contribution is 2.31. The number of nitrogens with two attached hydrogens (primary N) is 1. The van der Waals surface area contributed by atoms with Crippen molar-refractivity contribution in [3.05, 3.63) is 18.3 Å². The highest BCUT2D eigenvalue weighted by Gasteiger charge is 2.34. The van der Waals surface area contributed by atoms with Crippen LogP contribution in [-0.4, -0.2) is 30.8 Å². The number of anilines is 1. The highest BCUT2D eigenvalue weighted by molar-refractivity contribution is 7.89. The Morgan fingerprint density at radius 2 is 2.10 bits per heavy atom. The molecule has 3 N–H and O–H groups in total. The van der Waals surface area contributed by atoms with Crippen LogP contribution in [-0.2, 0) is 10.0 Å². The van der Waals surface area contributed by atoms with Crippen LogP contribution in [0.2, 0.25) is 0 Å². The number of hydrazine groups is 1. The van der Waals surface area contributed by atoms with Crippen molar-refractivity contribution in [1.82, 2.24) is 9.29 Å². The first-order chi connectivity index (χ1) is 9.48. The first-order valence-corrected chi connectivity index (χ1v) is 8.32. The molecule has 0 radical (unpaired) electrons. The van der Waals surface area contributed by atoms with Gasteiger partial charge in [-0.05, 0) is 30.9 Å². The number of sulfonamides is 1. The van der Waals surface area contributed by atoms with Crippen LogP contribution in [0.1, 0.15) is 32.6 Å². The second kappa shape index (κ2) is 6.07. The molecule has 0 aromatic carbocycles. The lowest BCUT2D eigenvalue weighted by Crippen LogP contribution is -2.43. The van der Waals surface area contributed by atoms with Gasteiger partial charge in [0.25, 0.3) is 10.0 Å². The maximum atomic E-state index is 12.7. The summed E-state index contributed by atoms with van der Waals surface area (Å²) in [6.07, 6.45) is 5.67. The Kier molecular flexibility index (Phi) is 4.62. The molecule has 2 atom stereocenters. The summed E-state index contributed by atoms with van der Waals surface area (Å²) >= 11 is 0. The summed E-state index contributed by atoms with van der Waals surface area (Å²) in [5.74, 6) is 5.74. The molecule has 6 nitrogen and oxygen atoms in total. The monoisotopic (exact) mass is 298 g/mol. The van der Waals surface area contributed by atoms with E-state index >= 15 is 0 Å². The van der Waals surface area contributed by atoms with Gasteiger partial charge >= 0.3 is 0 Å². The smallest absolute Gasteiger partial charge is 0.262 e. The van der Waals surface area contributed by atoms with Gasteiger partial charge in [-0.25, -0.2) is 13.4 Å². The summed E-state index contributed by atoms with van der Waals surface area (Å²) < 4.78 is 26.9. The Morgan fingerprint density at radius 1 is 1.40 bits per heavy atom. The Balaban J connectivity index is 2.34. The molecular formula is C13H22N4O2S. The molecule has 1 heterocycles. The number of aromatic nitrogens is 1. The zero-order valence-corrected chi connectivity index (χ0v) is 12.7. The van der Waals surface area contributed by atoms with Crippen LogP contribution in [0.3, 0.4) is 0 Å². The van der Waals surface area contributed by atoms with Crippen LogP contribution in [0.25, 0.3) is 0 Å². The number of nitrogens with one attached hydrogen (secondary N) is 1. The van der Waals surface area contributed by atoms with Gasteiger partial charge in [0, 0.05) is 19.3 Å². The van der Waals surface area contributed by atoms with Gasteiger partial charge < -0.3 is 5.43 Å². The van der Waals surface area contributed by atoms with E-state index in [9.17, 15) is 8.42 Å². The van der Waals surface area contributed by atoms with Gasteiger partial charge in [-0.2, -0.15) is 4.31 Å². The molecule has 7 heteroatoms. The van der Waals surface area contributed by atoms with Crippen LogP contribution in [0.4, 0.5) is 5.69 Å². The van der Waals surface area contributed by atoms with Gasteiger partial charge in [0.1, 0.15) is 0 Å². The quantitative estimate of drug-likeness (QED) is 0.650. The highest BCUT2D eigenvalue weighted by atomic mass is 32.2. The Labute approximate surface area is 120 Å². The number of nitrogens with zero attached hydrogens (tertiary/aromatic N) is 2. The molecule has 1 aromatic rings. The molecule has 0 amide bonds. The minimum atomic E-state index is -3.63. The number of hydrogen-bond donors (Lipinski definition) is 2. The van der Waals surface area contributed by atoms with Crippen LogP contribution in [0.5, 0.6) is 0 Å². The SMILES string of the molecule is CC1CCCCC1N(C)S(=O)(=O)c1ncccc1NN. The van der Waals surface area contributed by atoms with Gasteiger partial charge in [0.05, 0.1) is 5.69 Å². The van der Waals surface area contributed by atoms with Crippen LogP contribution in [0.15, 0.2) is 23.4 Å². The molecule has 112 valence electrons. The van der Waals surface area contributed by atoms with E-state index in [0.717, 1.165) is 19.3 Å². The zero-order valence-electron chi connectivity index (χ0n) is 11.9. The van der Waals surface area contributed by atoms with E-state index in [-0.39, 0.29) is 11.1 Å². The zero-order chi connectivity index (χ0) is 14.8. The van der Waals surface area contributed by atoms with Crippen molar-refractivity contribution >= 4 is 15.7 Å². The van der Waals surface area contributed by atoms with E-state index in [2.05, 4.69) is 17.3 Å². The summed E-state index contributed by atoms with van der Waals surface area (Å²) in [4.78, 5) is 3.99. The maximum Gasteiger partial charge on any atom is 0.262 e. The minimum Gasteiger partial charge on any atom is -0.321 e. The average Bonchev–Trinajstić information content (AvgIpc) is 2.47. The molecule has 0 bridgehead atoms. The summed E-state index contributed by atoms with van der Waals surface area (Å²) in [5.41, 5.74) is 2.72. The van der Waals surface area contributed by atoms with Gasteiger partial charge in [-0.1, -0.05) is 19.8 Å². The third kappa shape index (κ3) is 2.79. The molecule has 2 rings (SSSR count). The van der Waals surface area contributed by atoms with Crippen molar-refractivity contribution in [2.24, 2.45) is 11.8 Å². The van der Waals surface area contributed by atoms with Gasteiger partial charge in [-0.15, -0.1) is 0 Å². The van der Waals surface area contributed by atoms with Crippen molar-refractivity contribution < 1.29 is 8.42 Å². The summed E-state index contributed by atoms with van der Waals surface area (Å²) in [6.45, 7) is 2.11. The number of nitrogen functional groups attached to an aromatic ring is 1. The topological polar surface area (TPSA) is 88.3 Å². The second-order valence-corrected chi connectivity index (χ2v) is 7.26. The maximum absolute atomic E-state index is 12.7. The molecule has 0 spiro atoms. The summed E-state index contributed by atoms with van der Waals surface area (Å²) in [5, 5.41) is -0.0113. The minimum absolute atomic E-state index is 0.0113. The number of rotatable bonds is 4. The van der Waals surface area contributed by atoms with Gasteiger partial charge in [0.15, 0.2) is 5.03 Å². The second-order valence-electron chi connectivity index (χ2n) is 5.35. The fourth-order valence-corrected chi connectivity index (χ4v) is 4.40. The first kappa shape index (κ1) is 15.2. The normalized spacial score (nSPS) is 23.8. The Bertz CT molecular complexity index is 561. The van der Waals surface area contributed by atoms with Crippen LogP contribution >= 0.6 is 0 Å². The fraction of sp³-hybridized carbons (Fsp3) is 0.615. The van der Waals surface area contributed by atoms with Gasteiger partial charge in [0.2, 0.25) is 0 Å². The molecular weight excluding hydrogens is 276 g/mol.